The Kier molecular flexibility index (Phi) is 5.73. The van der Waals surface area contributed by atoms with Crippen molar-refractivity contribution >= 4 is 23.7 Å². The van der Waals surface area contributed by atoms with Crippen LogP contribution in [0.1, 0.15) is 19.3 Å². The minimum atomic E-state index is -1.19. The van der Waals surface area contributed by atoms with E-state index in [-0.39, 0.29) is 32.0 Å². The third-order valence-electron chi connectivity index (χ3n) is 4.35. The van der Waals surface area contributed by atoms with Crippen LogP contribution in [-0.2, 0) is 19.2 Å². The summed E-state index contributed by atoms with van der Waals surface area (Å²) >= 11 is 0. The van der Waals surface area contributed by atoms with E-state index in [9.17, 15) is 24.3 Å². The van der Waals surface area contributed by atoms with Gasteiger partial charge in [-0.15, -0.1) is 0 Å². The number of carboxylic acid groups (broad SMARTS) is 1. The SMILES string of the molecule is NCC(=O)N1CCC[C@H]1C(=O)NCC(=O)N1C[C@H](O)C[C@H]1C(=O)O. The van der Waals surface area contributed by atoms with Gasteiger partial charge in [0.25, 0.3) is 0 Å². The summed E-state index contributed by atoms with van der Waals surface area (Å²) in [6.07, 6.45) is 0.248. The number of rotatable bonds is 5. The highest BCUT2D eigenvalue weighted by Crippen LogP contribution is 2.19. The van der Waals surface area contributed by atoms with E-state index in [0.717, 1.165) is 4.90 Å². The van der Waals surface area contributed by atoms with Crippen molar-refractivity contribution in [2.24, 2.45) is 5.73 Å². The quantitative estimate of drug-likeness (QED) is 0.418. The standard InChI is InChI=1S/C14H22N4O6/c15-5-11(20)17-3-1-2-9(17)13(22)16-6-12(21)18-7-8(19)4-10(18)14(23)24/h8-10,19H,1-7,15H2,(H,16,22)(H,23,24)/t8-,9+,10+/m1/s1. The second-order valence-electron chi connectivity index (χ2n) is 5.96. The summed E-state index contributed by atoms with van der Waals surface area (Å²) in [5, 5.41) is 21.1. The summed E-state index contributed by atoms with van der Waals surface area (Å²) in [5.74, 6) is -2.56. The van der Waals surface area contributed by atoms with Gasteiger partial charge in [-0.3, -0.25) is 14.4 Å². The number of hydrogen-bond donors (Lipinski definition) is 4. The first-order valence-corrected chi connectivity index (χ1v) is 7.82. The van der Waals surface area contributed by atoms with E-state index in [1.54, 1.807) is 0 Å². The van der Waals surface area contributed by atoms with Crippen molar-refractivity contribution in [2.45, 2.75) is 37.5 Å². The van der Waals surface area contributed by atoms with Crippen LogP contribution in [0.15, 0.2) is 0 Å². The highest BCUT2D eigenvalue weighted by molar-refractivity contribution is 5.92. The first-order chi connectivity index (χ1) is 11.3. The molecule has 5 N–H and O–H groups in total. The number of amides is 3. The van der Waals surface area contributed by atoms with Gasteiger partial charge in [-0.25, -0.2) is 4.79 Å². The Balaban J connectivity index is 1.90. The Bertz CT molecular complexity index is 539. The van der Waals surface area contributed by atoms with Crippen molar-refractivity contribution in [2.75, 3.05) is 26.2 Å². The number of nitrogens with one attached hydrogen (secondary N) is 1. The lowest BCUT2D eigenvalue weighted by atomic mass is 10.2. The Morgan fingerprint density at radius 2 is 1.83 bits per heavy atom. The summed E-state index contributed by atoms with van der Waals surface area (Å²) in [4.78, 5) is 49.6. The first kappa shape index (κ1) is 18.1. The number of nitrogens with two attached hydrogens (primary N) is 1. The fraction of sp³-hybridized carbons (Fsp3) is 0.714. The number of carboxylic acids is 1. The maximum Gasteiger partial charge on any atom is 0.326 e. The van der Waals surface area contributed by atoms with Gasteiger partial charge >= 0.3 is 5.97 Å². The van der Waals surface area contributed by atoms with Crippen LogP contribution >= 0.6 is 0 Å². The molecule has 0 aliphatic carbocycles. The van der Waals surface area contributed by atoms with E-state index in [4.69, 9.17) is 10.8 Å². The van der Waals surface area contributed by atoms with E-state index < -0.39 is 36.0 Å². The van der Waals surface area contributed by atoms with Gasteiger partial charge in [-0.1, -0.05) is 0 Å². The molecule has 0 bridgehead atoms. The third-order valence-corrected chi connectivity index (χ3v) is 4.35. The van der Waals surface area contributed by atoms with Gasteiger partial charge in [-0.2, -0.15) is 0 Å². The van der Waals surface area contributed by atoms with Gasteiger partial charge in [-0.05, 0) is 12.8 Å². The van der Waals surface area contributed by atoms with Gasteiger partial charge in [0.2, 0.25) is 17.7 Å². The number of carbonyl (C=O) groups excluding carboxylic acids is 3. The van der Waals surface area contributed by atoms with Gasteiger partial charge in [0.05, 0.1) is 19.2 Å². The van der Waals surface area contributed by atoms with E-state index in [1.807, 2.05) is 0 Å². The van der Waals surface area contributed by atoms with Gasteiger partial charge in [0, 0.05) is 19.5 Å². The fourth-order valence-electron chi connectivity index (χ4n) is 3.16. The van der Waals surface area contributed by atoms with Crippen LogP contribution < -0.4 is 11.1 Å². The van der Waals surface area contributed by atoms with E-state index >= 15 is 0 Å². The molecule has 0 spiro atoms. The van der Waals surface area contributed by atoms with Crippen molar-refractivity contribution in [1.82, 2.24) is 15.1 Å². The Morgan fingerprint density at radius 3 is 2.46 bits per heavy atom. The van der Waals surface area contributed by atoms with Crippen LogP contribution in [0.25, 0.3) is 0 Å². The average Bonchev–Trinajstić information content (AvgIpc) is 3.18. The lowest BCUT2D eigenvalue weighted by Crippen LogP contribution is -2.51. The van der Waals surface area contributed by atoms with E-state index in [2.05, 4.69) is 5.32 Å². The molecule has 0 saturated carbocycles. The van der Waals surface area contributed by atoms with Gasteiger partial charge in [0.15, 0.2) is 0 Å². The molecule has 10 nitrogen and oxygen atoms in total. The Morgan fingerprint density at radius 1 is 1.12 bits per heavy atom. The Hall–Kier alpha value is -2.20. The van der Waals surface area contributed by atoms with E-state index in [0.29, 0.717) is 19.4 Å². The zero-order valence-corrected chi connectivity index (χ0v) is 13.2. The number of hydrogen-bond acceptors (Lipinski definition) is 6. The van der Waals surface area contributed by atoms with E-state index in [1.165, 1.54) is 4.90 Å². The molecule has 2 aliphatic rings. The second-order valence-corrected chi connectivity index (χ2v) is 5.96. The number of carbonyl (C=O) groups is 4. The summed E-state index contributed by atoms with van der Waals surface area (Å²) < 4.78 is 0. The zero-order chi connectivity index (χ0) is 17.9. The lowest BCUT2D eigenvalue weighted by molar-refractivity contribution is -0.148. The van der Waals surface area contributed by atoms with Crippen LogP contribution in [0.5, 0.6) is 0 Å². The van der Waals surface area contributed by atoms with Crippen LogP contribution in [0.3, 0.4) is 0 Å². The normalized spacial score (nSPS) is 26.5. The molecule has 0 aromatic carbocycles. The molecule has 24 heavy (non-hydrogen) atoms. The number of nitrogens with zero attached hydrogens (tertiary/aromatic N) is 2. The summed E-state index contributed by atoms with van der Waals surface area (Å²) in [6, 6.07) is -1.75. The molecular weight excluding hydrogens is 320 g/mol. The van der Waals surface area contributed by atoms with Gasteiger partial charge < -0.3 is 31.1 Å². The molecule has 2 heterocycles. The second kappa shape index (κ2) is 7.58. The average molecular weight is 342 g/mol. The maximum atomic E-state index is 12.2. The third kappa shape index (κ3) is 3.82. The Labute approximate surface area is 138 Å². The number of β-amino-alcohol motifs (C(OH)–C–C–N with tert-alkyl or cyclic N) is 1. The summed E-state index contributed by atoms with van der Waals surface area (Å²) in [7, 11) is 0. The van der Waals surface area contributed by atoms with Crippen molar-refractivity contribution in [3.8, 4) is 0 Å². The molecule has 0 aromatic heterocycles. The largest absolute Gasteiger partial charge is 0.480 e. The fourth-order valence-corrected chi connectivity index (χ4v) is 3.16. The lowest BCUT2D eigenvalue weighted by Gasteiger charge is -2.25. The van der Waals surface area contributed by atoms with Crippen LogP contribution in [0.4, 0.5) is 0 Å². The molecule has 3 atom stereocenters. The molecule has 10 heteroatoms. The molecular formula is C14H22N4O6. The molecule has 3 amide bonds. The molecule has 0 unspecified atom stereocenters. The number of aliphatic hydroxyl groups excluding tert-OH is 1. The smallest absolute Gasteiger partial charge is 0.326 e. The minimum absolute atomic E-state index is 0.0313. The molecule has 2 aliphatic heterocycles. The maximum absolute atomic E-state index is 12.2. The summed E-state index contributed by atoms with van der Waals surface area (Å²) in [6.45, 7) is -0.195. The number of aliphatic hydroxyl groups is 1. The van der Waals surface area contributed by atoms with Crippen LogP contribution in [0.2, 0.25) is 0 Å². The molecule has 2 rings (SSSR count). The predicted octanol–water partition coefficient (Wildman–Crippen LogP) is -2.90. The van der Waals surface area contributed by atoms with Gasteiger partial charge in [0.1, 0.15) is 12.1 Å². The first-order valence-electron chi connectivity index (χ1n) is 7.82. The zero-order valence-electron chi connectivity index (χ0n) is 13.2. The minimum Gasteiger partial charge on any atom is -0.480 e. The summed E-state index contributed by atoms with van der Waals surface area (Å²) in [5.41, 5.74) is 5.31. The topological polar surface area (TPSA) is 153 Å². The number of likely N-dealkylation sites (tertiary alicyclic amines) is 2. The highest BCUT2D eigenvalue weighted by atomic mass is 16.4. The molecule has 0 aromatic rings. The molecule has 134 valence electrons. The predicted molar refractivity (Wildman–Crippen MR) is 80.6 cm³/mol. The number of aliphatic carboxylic acids is 1. The van der Waals surface area contributed by atoms with Crippen molar-refractivity contribution in [3.63, 3.8) is 0 Å². The molecule has 0 radical (unpaired) electrons. The van der Waals surface area contributed by atoms with Crippen molar-refractivity contribution in [1.29, 1.82) is 0 Å². The van der Waals surface area contributed by atoms with Crippen LogP contribution in [-0.4, -0.2) is 88.1 Å². The monoisotopic (exact) mass is 342 g/mol. The molecule has 2 fully saturated rings. The van der Waals surface area contributed by atoms with Crippen molar-refractivity contribution in [3.05, 3.63) is 0 Å². The van der Waals surface area contributed by atoms with Crippen molar-refractivity contribution < 1.29 is 29.4 Å². The van der Waals surface area contributed by atoms with Crippen LogP contribution in [0, 0.1) is 0 Å². The highest BCUT2D eigenvalue weighted by Gasteiger charge is 2.39. The molecule has 2 saturated heterocycles.